The number of aromatic nitrogens is 2. The molecule has 0 saturated heterocycles. The van der Waals surface area contributed by atoms with Crippen LogP contribution < -0.4 is 0 Å². The average Bonchev–Trinajstić information content (AvgIpc) is 2.07. The molecular formula is C5H6ClN3O2. The van der Waals surface area contributed by atoms with Crippen LogP contribution in [0.15, 0.2) is 0 Å². The molecule has 0 saturated carbocycles. The van der Waals surface area contributed by atoms with Crippen molar-refractivity contribution in [1.29, 1.82) is 0 Å². The minimum Gasteiger partial charge on any atom is -0.358 e. The molecule has 11 heavy (non-hydrogen) atoms. The number of halogens is 1. The van der Waals surface area contributed by atoms with Crippen LogP contribution in [-0.2, 0) is 7.05 Å². The zero-order valence-electron chi connectivity index (χ0n) is 6.04. The molecule has 0 aliphatic rings. The fourth-order valence-electron chi connectivity index (χ4n) is 0.818. The Bertz CT molecular complexity index is 307. The van der Waals surface area contributed by atoms with Crippen LogP contribution >= 0.6 is 11.6 Å². The molecule has 0 spiro atoms. The third kappa shape index (κ3) is 1.19. The zero-order valence-corrected chi connectivity index (χ0v) is 6.79. The van der Waals surface area contributed by atoms with E-state index in [0.717, 1.165) is 4.68 Å². The Morgan fingerprint density at radius 2 is 2.27 bits per heavy atom. The van der Waals surface area contributed by atoms with Crippen LogP contribution in [0.5, 0.6) is 0 Å². The van der Waals surface area contributed by atoms with Gasteiger partial charge < -0.3 is 10.1 Å². The monoisotopic (exact) mass is 175 g/mol. The molecule has 5 nitrogen and oxygen atoms in total. The van der Waals surface area contributed by atoms with Gasteiger partial charge in [-0.05, 0) is 11.8 Å². The molecule has 1 heterocycles. The van der Waals surface area contributed by atoms with Crippen LogP contribution in [0.1, 0.15) is 5.69 Å². The standard InChI is InChI=1S/C5H6ClN3O2/c1-3-4(6)5(9(10)11)8(2)7-3/h1-2H3. The van der Waals surface area contributed by atoms with Crippen molar-refractivity contribution in [3.63, 3.8) is 0 Å². The Balaban J connectivity index is 3.34. The van der Waals surface area contributed by atoms with E-state index < -0.39 is 4.92 Å². The summed E-state index contributed by atoms with van der Waals surface area (Å²) in [7, 11) is 1.48. The fourth-order valence-corrected chi connectivity index (χ4v) is 1.05. The summed E-state index contributed by atoms with van der Waals surface area (Å²) in [5.74, 6) is -0.163. The summed E-state index contributed by atoms with van der Waals surface area (Å²) < 4.78 is 1.15. The van der Waals surface area contributed by atoms with Crippen LogP contribution in [0, 0.1) is 17.0 Å². The van der Waals surface area contributed by atoms with E-state index in [9.17, 15) is 10.1 Å². The second-order valence-corrected chi connectivity index (χ2v) is 2.48. The van der Waals surface area contributed by atoms with E-state index in [1.807, 2.05) is 0 Å². The third-order valence-corrected chi connectivity index (χ3v) is 1.74. The van der Waals surface area contributed by atoms with Crippen molar-refractivity contribution in [3.8, 4) is 0 Å². The molecule has 0 aliphatic heterocycles. The van der Waals surface area contributed by atoms with E-state index in [2.05, 4.69) is 5.10 Å². The van der Waals surface area contributed by atoms with Gasteiger partial charge in [0, 0.05) is 0 Å². The van der Waals surface area contributed by atoms with Crippen LogP contribution in [-0.4, -0.2) is 14.7 Å². The van der Waals surface area contributed by atoms with Crippen molar-refractivity contribution < 1.29 is 4.92 Å². The van der Waals surface area contributed by atoms with Crippen LogP contribution in [0.3, 0.4) is 0 Å². The summed E-state index contributed by atoms with van der Waals surface area (Å²) in [6.07, 6.45) is 0. The first kappa shape index (κ1) is 8.00. The smallest absolute Gasteiger partial charge is 0.358 e. The van der Waals surface area contributed by atoms with Crippen molar-refractivity contribution in [1.82, 2.24) is 9.78 Å². The predicted octanol–water partition coefficient (Wildman–Crippen LogP) is 1.29. The molecule has 0 aliphatic carbocycles. The number of hydrogen-bond acceptors (Lipinski definition) is 3. The Morgan fingerprint density at radius 1 is 1.73 bits per heavy atom. The molecule has 1 aromatic rings. The maximum absolute atomic E-state index is 10.3. The maximum atomic E-state index is 10.3. The van der Waals surface area contributed by atoms with E-state index in [4.69, 9.17) is 11.6 Å². The fraction of sp³-hybridized carbons (Fsp3) is 0.400. The van der Waals surface area contributed by atoms with Gasteiger partial charge in [0.15, 0.2) is 5.02 Å². The lowest BCUT2D eigenvalue weighted by atomic mass is 10.5. The largest absolute Gasteiger partial charge is 0.363 e. The Labute approximate surface area is 67.7 Å². The molecule has 1 aromatic heterocycles. The van der Waals surface area contributed by atoms with Gasteiger partial charge in [-0.1, -0.05) is 16.7 Å². The minimum absolute atomic E-state index is 0.109. The van der Waals surface area contributed by atoms with Crippen LogP contribution in [0.4, 0.5) is 5.82 Å². The number of aryl methyl sites for hydroxylation is 2. The third-order valence-electron chi connectivity index (χ3n) is 1.29. The number of hydrogen-bond donors (Lipinski definition) is 0. The number of rotatable bonds is 1. The molecule has 1 rings (SSSR count). The second-order valence-electron chi connectivity index (χ2n) is 2.10. The first-order valence-corrected chi connectivity index (χ1v) is 3.25. The Morgan fingerprint density at radius 3 is 2.45 bits per heavy atom. The summed E-state index contributed by atoms with van der Waals surface area (Å²) in [4.78, 5) is 9.76. The lowest BCUT2D eigenvalue weighted by molar-refractivity contribution is -0.392. The Hall–Kier alpha value is -1.10. The van der Waals surface area contributed by atoms with E-state index >= 15 is 0 Å². The van der Waals surface area contributed by atoms with Gasteiger partial charge in [-0.15, -0.1) is 4.68 Å². The quantitative estimate of drug-likeness (QED) is 0.477. The summed E-state index contributed by atoms with van der Waals surface area (Å²) >= 11 is 5.58. The second kappa shape index (κ2) is 2.50. The summed E-state index contributed by atoms with van der Waals surface area (Å²) in [6, 6.07) is 0. The molecule has 60 valence electrons. The topological polar surface area (TPSA) is 61.0 Å². The maximum Gasteiger partial charge on any atom is 0.363 e. The van der Waals surface area contributed by atoms with Gasteiger partial charge in [-0.3, -0.25) is 0 Å². The zero-order chi connectivity index (χ0) is 8.59. The molecule has 0 fully saturated rings. The molecule has 0 bridgehead atoms. The molecule has 0 unspecified atom stereocenters. The highest BCUT2D eigenvalue weighted by molar-refractivity contribution is 6.33. The number of nitrogens with zero attached hydrogens (tertiary/aromatic N) is 3. The first-order chi connectivity index (χ1) is 5.04. The van der Waals surface area contributed by atoms with E-state index in [-0.39, 0.29) is 10.8 Å². The van der Waals surface area contributed by atoms with E-state index in [0.29, 0.717) is 5.69 Å². The van der Waals surface area contributed by atoms with E-state index in [1.54, 1.807) is 6.92 Å². The van der Waals surface area contributed by atoms with Crippen molar-refractivity contribution in [2.45, 2.75) is 6.92 Å². The van der Waals surface area contributed by atoms with Gasteiger partial charge in [0.05, 0.1) is 0 Å². The highest BCUT2D eigenvalue weighted by Crippen LogP contribution is 2.25. The summed E-state index contributed by atoms with van der Waals surface area (Å²) in [6.45, 7) is 1.62. The van der Waals surface area contributed by atoms with Crippen LogP contribution in [0.25, 0.3) is 0 Å². The normalized spacial score (nSPS) is 10.1. The average molecular weight is 176 g/mol. The predicted molar refractivity (Wildman–Crippen MR) is 39.6 cm³/mol. The molecule has 0 aromatic carbocycles. The van der Waals surface area contributed by atoms with Crippen molar-refractivity contribution in [2.75, 3.05) is 0 Å². The molecule has 0 atom stereocenters. The minimum atomic E-state index is -0.553. The molecule has 0 N–H and O–H groups in total. The summed E-state index contributed by atoms with van der Waals surface area (Å²) in [5, 5.41) is 14.2. The van der Waals surface area contributed by atoms with Crippen molar-refractivity contribution in [2.24, 2.45) is 7.05 Å². The molecule has 0 amide bonds. The van der Waals surface area contributed by atoms with Gasteiger partial charge in [-0.25, -0.2) is 0 Å². The lowest BCUT2D eigenvalue weighted by Crippen LogP contribution is -1.98. The van der Waals surface area contributed by atoms with Gasteiger partial charge in [0.1, 0.15) is 12.7 Å². The highest BCUT2D eigenvalue weighted by atomic mass is 35.5. The van der Waals surface area contributed by atoms with Crippen LogP contribution in [0.2, 0.25) is 5.02 Å². The highest BCUT2D eigenvalue weighted by Gasteiger charge is 2.20. The Kier molecular flexibility index (Phi) is 1.82. The van der Waals surface area contributed by atoms with Crippen molar-refractivity contribution >= 4 is 17.4 Å². The summed E-state index contributed by atoms with van der Waals surface area (Å²) in [5.41, 5.74) is 0.473. The van der Waals surface area contributed by atoms with Gasteiger partial charge in [0.25, 0.3) is 0 Å². The van der Waals surface area contributed by atoms with Gasteiger partial charge in [-0.2, -0.15) is 0 Å². The molecule has 0 radical (unpaired) electrons. The van der Waals surface area contributed by atoms with E-state index in [1.165, 1.54) is 7.05 Å². The number of nitro groups is 1. The molecular weight excluding hydrogens is 170 g/mol. The van der Waals surface area contributed by atoms with Crippen molar-refractivity contribution in [3.05, 3.63) is 20.8 Å². The lowest BCUT2D eigenvalue weighted by Gasteiger charge is -1.91. The molecule has 6 heteroatoms. The SMILES string of the molecule is Cc1nn(C)c([N+](=O)[O-])c1Cl. The van der Waals surface area contributed by atoms with Gasteiger partial charge >= 0.3 is 5.82 Å². The van der Waals surface area contributed by atoms with Gasteiger partial charge in [0.2, 0.25) is 0 Å². The first-order valence-electron chi connectivity index (χ1n) is 2.87.